The van der Waals surface area contributed by atoms with Crippen LogP contribution in [0.1, 0.15) is 26.2 Å². The van der Waals surface area contributed by atoms with Crippen LogP contribution < -0.4 is 5.32 Å². The molecule has 3 nitrogen and oxygen atoms in total. The van der Waals surface area contributed by atoms with Gasteiger partial charge in [0.1, 0.15) is 0 Å². The number of rotatable bonds is 3. The van der Waals surface area contributed by atoms with Gasteiger partial charge >= 0.3 is 0 Å². The van der Waals surface area contributed by atoms with Crippen LogP contribution in [0, 0.1) is 0 Å². The Hall–Kier alpha value is -0.120. The van der Waals surface area contributed by atoms with Crippen LogP contribution in [0.5, 0.6) is 0 Å². The summed E-state index contributed by atoms with van der Waals surface area (Å²) in [5, 5.41) is 3.47. The molecule has 14 heavy (non-hydrogen) atoms. The van der Waals surface area contributed by atoms with Gasteiger partial charge in [-0.05, 0) is 19.3 Å². The lowest BCUT2D eigenvalue weighted by atomic mass is 9.86. The van der Waals surface area contributed by atoms with Crippen LogP contribution in [0.3, 0.4) is 0 Å². The van der Waals surface area contributed by atoms with Gasteiger partial charge < -0.3 is 10.1 Å². The second-order valence-electron chi connectivity index (χ2n) is 4.49. The summed E-state index contributed by atoms with van der Waals surface area (Å²) in [7, 11) is 1.83. The maximum absolute atomic E-state index is 5.33. The molecule has 0 bridgehead atoms. The van der Waals surface area contributed by atoms with Crippen molar-refractivity contribution in [3.8, 4) is 0 Å². The fourth-order valence-electron chi connectivity index (χ4n) is 2.64. The number of hydrogen-bond acceptors (Lipinski definition) is 3. The molecular formula is C11H22N2O. The Kier molecular flexibility index (Phi) is 3.42. The summed E-state index contributed by atoms with van der Waals surface area (Å²) in [6.45, 7) is 5.84. The fourth-order valence-corrected chi connectivity index (χ4v) is 2.64. The average molecular weight is 198 g/mol. The number of methoxy groups -OCH3 is 1. The maximum Gasteiger partial charge on any atom is 0.0601 e. The van der Waals surface area contributed by atoms with Crippen molar-refractivity contribution in [2.45, 2.75) is 44.4 Å². The molecule has 1 heterocycles. The summed E-state index contributed by atoms with van der Waals surface area (Å²) in [6.07, 6.45) is 4.29. The smallest absolute Gasteiger partial charge is 0.0601 e. The van der Waals surface area contributed by atoms with E-state index in [4.69, 9.17) is 4.74 Å². The lowest BCUT2D eigenvalue weighted by Gasteiger charge is -2.47. The first-order chi connectivity index (χ1) is 6.85. The molecule has 0 aromatic heterocycles. The minimum absolute atomic E-state index is 0.535. The van der Waals surface area contributed by atoms with E-state index in [-0.39, 0.29) is 0 Å². The van der Waals surface area contributed by atoms with E-state index in [2.05, 4.69) is 17.1 Å². The SMILES string of the molecule is CCC1CNCCN1C1CC(OC)C1. The Balaban J connectivity index is 1.83. The Bertz CT molecular complexity index is 180. The highest BCUT2D eigenvalue weighted by atomic mass is 16.5. The minimum atomic E-state index is 0.535. The van der Waals surface area contributed by atoms with E-state index in [9.17, 15) is 0 Å². The van der Waals surface area contributed by atoms with E-state index < -0.39 is 0 Å². The highest BCUT2D eigenvalue weighted by Crippen LogP contribution is 2.30. The van der Waals surface area contributed by atoms with Gasteiger partial charge in [0, 0.05) is 38.8 Å². The number of piperazine rings is 1. The van der Waals surface area contributed by atoms with Crippen molar-refractivity contribution in [1.82, 2.24) is 10.2 Å². The van der Waals surface area contributed by atoms with Gasteiger partial charge in [-0.2, -0.15) is 0 Å². The molecule has 0 amide bonds. The Labute approximate surface area is 86.8 Å². The summed E-state index contributed by atoms with van der Waals surface area (Å²) < 4.78 is 5.33. The number of hydrogen-bond donors (Lipinski definition) is 1. The minimum Gasteiger partial charge on any atom is -0.381 e. The summed E-state index contributed by atoms with van der Waals surface area (Å²) in [4.78, 5) is 2.69. The van der Waals surface area contributed by atoms with Crippen LogP contribution in [0.15, 0.2) is 0 Å². The summed E-state index contributed by atoms with van der Waals surface area (Å²) in [6, 6.07) is 1.55. The summed E-state index contributed by atoms with van der Waals surface area (Å²) in [5.41, 5.74) is 0. The zero-order valence-corrected chi connectivity index (χ0v) is 9.33. The van der Waals surface area contributed by atoms with E-state index in [0.29, 0.717) is 6.10 Å². The van der Waals surface area contributed by atoms with Crippen molar-refractivity contribution in [1.29, 1.82) is 0 Å². The van der Waals surface area contributed by atoms with Gasteiger partial charge in [0.2, 0.25) is 0 Å². The van der Waals surface area contributed by atoms with Crippen LogP contribution in [-0.2, 0) is 4.74 Å². The van der Waals surface area contributed by atoms with Crippen LogP contribution in [0.2, 0.25) is 0 Å². The molecule has 1 saturated carbocycles. The quantitative estimate of drug-likeness (QED) is 0.727. The molecule has 0 spiro atoms. The van der Waals surface area contributed by atoms with E-state index >= 15 is 0 Å². The van der Waals surface area contributed by atoms with E-state index in [1.807, 2.05) is 7.11 Å². The van der Waals surface area contributed by atoms with Crippen molar-refractivity contribution in [3.63, 3.8) is 0 Å². The first-order valence-corrected chi connectivity index (χ1v) is 5.84. The van der Waals surface area contributed by atoms with Gasteiger partial charge in [-0.25, -0.2) is 0 Å². The Morgan fingerprint density at radius 2 is 2.21 bits per heavy atom. The monoisotopic (exact) mass is 198 g/mol. The normalized spacial score (nSPS) is 39.4. The second-order valence-corrected chi connectivity index (χ2v) is 4.49. The molecule has 2 aliphatic rings. The van der Waals surface area contributed by atoms with E-state index in [1.165, 1.54) is 32.4 Å². The predicted octanol–water partition coefficient (Wildman–Crippen LogP) is 0.848. The molecule has 2 rings (SSSR count). The summed E-state index contributed by atoms with van der Waals surface area (Å²) >= 11 is 0. The molecule has 1 saturated heterocycles. The first-order valence-electron chi connectivity index (χ1n) is 5.84. The average Bonchev–Trinajstić information content (AvgIpc) is 2.17. The Morgan fingerprint density at radius 1 is 1.43 bits per heavy atom. The molecule has 82 valence electrons. The molecule has 0 aromatic rings. The van der Waals surface area contributed by atoms with Crippen LogP contribution in [0.4, 0.5) is 0 Å². The number of nitrogens with zero attached hydrogens (tertiary/aromatic N) is 1. The first kappa shape index (κ1) is 10.4. The molecule has 1 aliphatic carbocycles. The molecule has 2 fully saturated rings. The lowest BCUT2D eigenvalue weighted by molar-refractivity contribution is -0.0466. The van der Waals surface area contributed by atoms with E-state index in [1.54, 1.807) is 0 Å². The highest BCUT2D eigenvalue weighted by molar-refractivity contribution is 4.93. The van der Waals surface area contributed by atoms with Crippen molar-refractivity contribution in [2.75, 3.05) is 26.7 Å². The van der Waals surface area contributed by atoms with E-state index in [0.717, 1.165) is 18.6 Å². The molecule has 1 atom stereocenters. The number of nitrogens with one attached hydrogen (secondary N) is 1. The van der Waals surface area contributed by atoms with Gasteiger partial charge in [-0.15, -0.1) is 0 Å². The molecule has 1 N–H and O–H groups in total. The van der Waals surface area contributed by atoms with Gasteiger partial charge in [0.15, 0.2) is 0 Å². The molecule has 3 heteroatoms. The largest absolute Gasteiger partial charge is 0.381 e. The fraction of sp³-hybridized carbons (Fsp3) is 1.00. The highest BCUT2D eigenvalue weighted by Gasteiger charge is 2.37. The molecular weight excluding hydrogens is 176 g/mol. The van der Waals surface area contributed by atoms with Gasteiger partial charge in [0.25, 0.3) is 0 Å². The van der Waals surface area contributed by atoms with Crippen molar-refractivity contribution in [3.05, 3.63) is 0 Å². The molecule has 1 aliphatic heterocycles. The Morgan fingerprint density at radius 3 is 2.86 bits per heavy atom. The van der Waals surface area contributed by atoms with Crippen molar-refractivity contribution >= 4 is 0 Å². The maximum atomic E-state index is 5.33. The zero-order valence-electron chi connectivity index (χ0n) is 9.33. The third-order valence-electron chi connectivity index (χ3n) is 3.74. The standard InChI is InChI=1S/C11H22N2O/c1-3-9-8-12-4-5-13(9)10-6-11(7-10)14-2/h9-12H,3-8H2,1-2H3. The third-order valence-corrected chi connectivity index (χ3v) is 3.74. The molecule has 0 radical (unpaired) electrons. The molecule has 1 unspecified atom stereocenters. The second kappa shape index (κ2) is 4.60. The van der Waals surface area contributed by atoms with Crippen molar-refractivity contribution < 1.29 is 4.74 Å². The van der Waals surface area contributed by atoms with Gasteiger partial charge in [-0.3, -0.25) is 4.90 Å². The number of ether oxygens (including phenoxy) is 1. The van der Waals surface area contributed by atoms with Crippen molar-refractivity contribution in [2.24, 2.45) is 0 Å². The predicted molar refractivity (Wildman–Crippen MR) is 57.5 cm³/mol. The third kappa shape index (κ3) is 1.95. The van der Waals surface area contributed by atoms with Gasteiger partial charge in [0.05, 0.1) is 6.10 Å². The zero-order chi connectivity index (χ0) is 9.97. The topological polar surface area (TPSA) is 24.5 Å². The van der Waals surface area contributed by atoms with Crippen LogP contribution in [-0.4, -0.2) is 49.8 Å². The van der Waals surface area contributed by atoms with Gasteiger partial charge in [-0.1, -0.05) is 6.92 Å². The summed E-state index contributed by atoms with van der Waals surface area (Å²) in [5.74, 6) is 0. The van der Waals surface area contributed by atoms with Crippen LogP contribution >= 0.6 is 0 Å². The van der Waals surface area contributed by atoms with Crippen LogP contribution in [0.25, 0.3) is 0 Å². The molecule has 0 aromatic carbocycles. The lowest BCUT2D eigenvalue weighted by Crippen LogP contribution is -2.59.